The lowest BCUT2D eigenvalue weighted by atomic mass is 9.76. The van der Waals surface area contributed by atoms with Gasteiger partial charge in [0.05, 0.1) is 37.4 Å². The molecule has 0 amide bonds. The van der Waals surface area contributed by atoms with Gasteiger partial charge in [-0.3, -0.25) is 4.79 Å². The molecule has 0 radical (unpaired) electrons. The molecule has 2 aliphatic rings. The van der Waals surface area contributed by atoms with Gasteiger partial charge < -0.3 is 28.8 Å². The first-order valence-corrected chi connectivity index (χ1v) is 14.4. The van der Waals surface area contributed by atoms with Crippen molar-refractivity contribution in [3.63, 3.8) is 0 Å². The van der Waals surface area contributed by atoms with Gasteiger partial charge in [0.25, 0.3) is 0 Å². The number of aliphatic carboxylic acids is 1. The molecule has 1 aromatic rings. The second-order valence-corrected chi connectivity index (χ2v) is 12.4. The Morgan fingerprint density at radius 3 is 2.00 bits per heavy atom. The van der Waals surface area contributed by atoms with Crippen LogP contribution in [0.1, 0.15) is 80.1 Å². The minimum atomic E-state index is -0.851. The second kappa shape index (κ2) is 13.2. The summed E-state index contributed by atoms with van der Waals surface area (Å²) in [6.07, 6.45) is 2.66. The minimum Gasteiger partial charge on any atom is -0.497 e. The third-order valence-electron chi connectivity index (χ3n) is 8.71. The molecule has 7 heteroatoms. The molecule has 3 rings (SSSR count). The quantitative estimate of drug-likeness (QED) is 0.303. The molecule has 0 aromatic heterocycles. The Kier molecular flexibility index (Phi) is 10.7. The standard InChI is InChI=1S/C32H50O7/c1-11-12-18(2)26-21(5)27(37-31(36-26)24-13-15-25(35-10)16-14-24)19(3)17-20(4)28-22(6)29(23(7)30(33)34)39-32(8,9)38-28/h11,13-16,18-23,26-29,31H,1,12,17H2,2-10H3,(H,33,34)/t18-,19+,20-,21+,22+,23+,26-,27-,28-,29-,31-/m0/s1. The molecule has 0 saturated carbocycles. The molecule has 0 aliphatic carbocycles. The molecule has 7 nitrogen and oxygen atoms in total. The minimum absolute atomic E-state index is 0.0181. The van der Waals surface area contributed by atoms with E-state index in [9.17, 15) is 9.90 Å². The van der Waals surface area contributed by atoms with E-state index in [-0.39, 0.29) is 42.0 Å². The van der Waals surface area contributed by atoms with Crippen molar-refractivity contribution in [3.8, 4) is 5.75 Å². The first-order valence-electron chi connectivity index (χ1n) is 14.4. The van der Waals surface area contributed by atoms with Crippen LogP contribution in [0, 0.1) is 35.5 Å². The lowest BCUT2D eigenvalue weighted by molar-refractivity contribution is -0.334. The van der Waals surface area contributed by atoms with E-state index in [1.165, 1.54) is 0 Å². The zero-order valence-corrected chi connectivity index (χ0v) is 25.3. The maximum absolute atomic E-state index is 11.8. The monoisotopic (exact) mass is 546 g/mol. The van der Waals surface area contributed by atoms with Crippen LogP contribution in [0.3, 0.4) is 0 Å². The van der Waals surface area contributed by atoms with Crippen LogP contribution in [0.15, 0.2) is 36.9 Å². The third kappa shape index (κ3) is 7.43. The van der Waals surface area contributed by atoms with E-state index in [1.807, 2.05) is 51.1 Å². The van der Waals surface area contributed by atoms with Crippen molar-refractivity contribution in [2.45, 2.75) is 105 Å². The topological polar surface area (TPSA) is 83.5 Å². The summed E-state index contributed by atoms with van der Waals surface area (Å²) in [7, 11) is 1.66. The number of hydrogen-bond donors (Lipinski definition) is 1. The van der Waals surface area contributed by atoms with Crippen LogP contribution in [0.2, 0.25) is 0 Å². The predicted octanol–water partition coefficient (Wildman–Crippen LogP) is 6.87. The highest BCUT2D eigenvalue weighted by molar-refractivity contribution is 5.70. The highest BCUT2D eigenvalue weighted by Gasteiger charge is 2.48. The average molecular weight is 547 g/mol. The van der Waals surface area contributed by atoms with E-state index < -0.39 is 30.1 Å². The molecular formula is C32H50O7. The number of rotatable bonds is 11. The zero-order valence-electron chi connectivity index (χ0n) is 25.3. The molecule has 1 aromatic carbocycles. The first kappa shape index (κ1) is 31.6. The number of ether oxygens (including phenoxy) is 5. The van der Waals surface area contributed by atoms with E-state index in [1.54, 1.807) is 14.0 Å². The Morgan fingerprint density at radius 2 is 1.46 bits per heavy atom. The fourth-order valence-electron chi connectivity index (χ4n) is 6.64. The Bertz CT molecular complexity index is 944. The second-order valence-electron chi connectivity index (χ2n) is 12.4. The summed E-state index contributed by atoms with van der Waals surface area (Å²) in [5.74, 6) is -0.721. The molecule has 2 aliphatic heterocycles. The van der Waals surface area contributed by atoms with Gasteiger partial charge in [0.1, 0.15) is 5.75 Å². The van der Waals surface area contributed by atoms with Gasteiger partial charge in [-0.15, -0.1) is 6.58 Å². The number of methoxy groups -OCH3 is 1. The summed E-state index contributed by atoms with van der Waals surface area (Å²) in [5.41, 5.74) is 0.970. The van der Waals surface area contributed by atoms with Gasteiger partial charge >= 0.3 is 5.97 Å². The molecule has 1 N–H and O–H groups in total. The lowest BCUT2D eigenvalue weighted by Crippen LogP contribution is -2.55. The normalized spacial score (nSPS) is 33.9. The Hall–Kier alpha value is -1.93. The summed E-state index contributed by atoms with van der Waals surface area (Å²) < 4.78 is 31.1. The van der Waals surface area contributed by atoms with Gasteiger partial charge in [0, 0.05) is 17.4 Å². The summed E-state index contributed by atoms with van der Waals surface area (Å²) in [4.78, 5) is 11.8. The van der Waals surface area contributed by atoms with E-state index in [0.717, 1.165) is 24.2 Å². The predicted molar refractivity (Wildman–Crippen MR) is 151 cm³/mol. The van der Waals surface area contributed by atoms with Crippen LogP contribution in [0.4, 0.5) is 0 Å². The number of hydrogen-bond acceptors (Lipinski definition) is 6. The third-order valence-corrected chi connectivity index (χ3v) is 8.71. The van der Waals surface area contributed by atoms with Crippen LogP contribution in [0.5, 0.6) is 5.75 Å². The number of carboxylic acid groups (broad SMARTS) is 1. The van der Waals surface area contributed by atoms with Crippen molar-refractivity contribution < 1.29 is 33.6 Å². The zero-order chi connectivity index (χ0) is 29.1. The lowest BCUT2D eigenvalue weighted by Gasteiger charge is -2.49. The molecule has 0 spiro atoms. The highest BCUT2D eigenvalue weighted by Crippen LogP contribution is 2.43. The van der Waals surface area contributed by atoms with Gasteiger partial charge in [-0.1, -0.05) is 52.8 Å². The summed E-state index contributed by atoms with van der Waals surface area (Å²) in [5, 5.41) is 9.69. The van der Waals surface area contributed by atoms with Crippen molar-refractivity contribution in [2.24, 2.45) is 35.5 Å². The Morgan fingerprint density at radius 1 is 0.949 bits per heavy atom. The van der Waals surface area contributed by atoms with E-state index in [2.05, 4.69) is 34.3 Å². The summed E-state index contributed by atoms with van der Waals surface area (Å²) in [6, 6.07) is 7.87. The van der Waals surface area contributed by atoms with Crippen LogP contribution in [-0.2, 0) is 23.7 Å². The summed E-state index contributed by atoms with van der Waals surface area (Å²) in [6.45, 7) is 20.3. The Balaban J connectivity index is 1.81. The van der Waals surface area contributed by atoms with Crippen molar-refractivity contribution in [2.75, 3.05) is 7.11 Å². The molecule has 39 heavy (non-hydrogen) atoms. The van der Waals surface area contributed by atoms with Crippen molar-refractivity contribution in [1.29, 1.82) is 0 Å². The largest absolute Gasteiger partial charge is 0.497 e. The van der Waals surface area contributed by atoms with Gasteiger partial charge in [0.15, 0.2) is 12.1 Å². The van der Waals surface area contributed by atoms with Crippen LogP contribution < -0.4 is 4.74 Å². The number of allylic oxidation sites excluding steroid dienone is 1. The van der Waals surface area contributed by atoms with Crippen LogP contribution in [-0.4, -0.2) is 48.4 Å². The first-order chi connectivity index (χ1) is 18.3. The number of carboxylic acids is 1. The molecule has 2 saturated heterocycles. The van der Waals surface area contributed by atoms with E-state index in [0.29, 0.717) is 5.92 Å². The van der Waals surface area contributed by atoms with E-state index >= 15 is 0 Å². The average Bonchev–Trinajstić information content (AvgIpc) is 2.89. The van der Waals surface area contributed by atoms with Gasteiger partial charge in [-0.25, -0.2) is 0 Å². The SMILES string of the molecule is C=CC[C@H](C)[C@@H]1O[C@H](c2ccc(OC)cc2)O[C@@H]([C@H](C)C[C@H](C)[C@@H]2OC(C)(C)O[C@H]([C@@H](C)C(=O)O)[C@@H]2C)[C@@H]1C. The van der Waals surface area contributed by atoms with Crippen LogP contribution >= 0.6 is 0 Å². The molecule has 2 fully saturated rings. The molecule has 0 bridgehead atoms. The van der Waals surface area contributed by atoms with Gasteiger partial charge in [0.2, 0.25) is 0 Å². The van der Waals surface area contributed by atoms with Gasteiger partial charge in [-0.05, 0) is 63.5 Å². The van der Waals surface area contributed by atoms with Crippen molar-refractivity contribution in [1.82, 2.24) is 0 Å². The van der Waals surface area contributed by atoms with Crippen LogP contribution in [0.25, 0.3) is 0 Å². The summed E-state index contributed by atoms with van der Waals surface area (Å²) >= 11 is 0. The highest BCUT2D eigenvalue weighted by atomic mass is 16.7. The maximum Gasteiger partial charge on any atom is 0.308 e. The Labute approximate surface area is 235 Å². The number of benzene rings is 1. The smallest absolute Gasteiger partial charge is 0.308 e. The molecule has 2 heterocycles. The maximum atomic E-state index is 11.8. The van der Waals surface area contributed by atoms with Crippen molar-refractivity contribution in [3.05, 3.63) is 42.5 Å². The van der Waals surface area contributed by atoms with Gasteiger partial charge in [-0.2, -0.15) is 0 Å². The van der Waals surface area contributed by atoms with Crippen molar-refractivity contribution >= 4 is 5.97 Å². The molecule has 0 unspecified atom stereocenters. The molecule has 11 atom stereocenters. The fraction of sp³-hybridized carbons (Fsp3) is 0.719. The fourth-order valence-corrected chi connectivity index (χ4v) is 6.64. The molecular weight excluding hydrogens is 496 g/mol. The number of carbonyl (C=O) groups is 1. The van der Waals surface area contributed by atoms with E-state index in [4.69, 9.17) is 23.7 Å². The molecule has 220 valence electrons.